The topological polar surface area (TPSA) is 60.2 Å². The molecule has 2 aromatic rings. The molecule has 1 aromatic carbocycles. The molecule has 5 nitrogen and oxygen atoms in total. The highest BCUT2D eigenvalue weighted by atomic mass is 16.5. The van der Waals surface area contributed by atoms with Gasteiger partial charge in [-0.25, -0.2) is 0 Å². The summed E-state index contributed by atoms with van der Waals surface area (Å²) in [5, 5.41) is 6.93. The van der Waals surface area contributed by atoms with Gasteiger partial charge < -0.3 is 14.6 Å². The van der Waals surface area contributed by atoms with Crippen LogP contribution in [0.15, 0.2) is 29.1 Å². The zero-order valence-corrected chi connectivity index (χ0v) is 10.8. The van der Waals surface area contributed by atoms with Crippen LogP contribution >= 0.6 is 0 Å². The monoisotopic (exact) mass is 247 g/mol. The van der Waals surface area contributed by atoms with Crippen LogP contribution in [-0.2, 0) is 6.61 Å². The molecule has 0 fully saturated rings. The van der Waals surface area contributed by atoms with E-state index in [1.807, 2.05) is 19.2 Å². The number of hydrogen-bond acceptors (Lipinski definition) is 5. The van der Waals surface area contributed by atoms with Crippen LogP contribution in [-0.4, -0.2) is 17.2 Å². The molecule has 1 atom stereocenters. The second-order valence-electron chi connectivity index (χ2n) is 4.19. The molecule has 0 aliphatic carbocycles. The second-order valence-corrected chi connectivity index (χ2v) is 4.19. The van der Waals surface area contributed by atoms with E-state index in [0.717, 1.165) is 11.3 Å². The first-order valence-corrected chi connectivity index (χ1v) is 5.86. The Kier molecular flexibility index (Phi) is 3.94. The summed E-state index contributed by atoms with van der Waals surface area (Å²) in [7, 11) is 1.93. The summed E-state index contributed by atoms with van der Waals surface area (Å²) in [4.78, 5) is 3.93. The van der Waals surface area contributed by atoms with Crippen LogP contribution < -0.4 is 10.1 Å². The molecule has 1 heterocycles. The van der Waals surface area contributed by atoms with Gasteiger partial charge in [0.1, 0.15) is 5.75 Å². The van der Waals surface area contributed by atoms with Gasteiger partial charge in [0.15, 0.2) is 6.61 Å². The number of ether oxygens (including phenoxy) is 1. The number of aromatic nitrogens is 2. The Morgan fingerprint density at radius 1 is 1.44 bits per heavy atom. The normalized spacial score (nSPS) is 12.4. The van der Waals surface area contributed by atoms with Crippen molar-refractivity contribution in [2.75, 3.05) is 7.05 Å². The molecular weight excluding hydrogens is 230 g/mol. The summed E-state index contributed by atoms with van der Waals surface area (Å²) in [5.41, 5.74) is 2.33. The van der Waals surface area contributed by atoms with Crippen molar-refractivity contribution in [2.24, 2.45) is 0 Å². The average Bonchev–Trinajstić information content (AvgIpc) is 2.89. The highest BCUT2D eigenvalue weighted by Crippen LogP contribution is 2.26. The van der Waals surface area contributed by atoms with Crippen molar-refractivity contribution in [2.45, 2.75) is 26.5 Å². The highest BCUT2D eigenvalue weighted by Gasteiger charge is 2.11. The molecule has 0 aliphatic rings. The van der Waals surface area contributed by atoms with Gasteiger partial charge in [0, 0.05) is 11.6 Å². The fourth-order valence-electron chi connectivity index (χ4n) is 1.69. The Morgan fingerprint density at radius 2 is 2.28 bits per heavy atom. The molecular formula is C13H17N3O2. The molecule has 5 heteroatoms. The van der Waals surface area contributed by atoms with Crippen molar-refractivity contribution in [3.8, 4) is 5.75 Å². The van der Waals surface area contributed by atoms with E-state index in [1.54, 1.807) is 0 Å². The first-order valence-electron chi connectivity index (χ1n) is 5.86. The Bertz CT molecular complexity index is 497. The molecule has 0 bridgehead atoms. The van der Waals surface area contributed by atoms with Crippen LogP contribution in [0, 0.1) is 6.92 Å². The molecule has 0 aliphatic heterocycles. The molecule has 0 saturated carbocycles. The van der Waals surface area contributed by atoms with Crippen molar-refractivity contribution >= 4 is 0 Å². The maximum Gasteiger partial charge on any atom is 0.213 e. The fourth-order valence-corrected chi connectivity index (χ4v) is 1.69. The van der Waals surface area contributed by atoms with Gasteiger partial charge in [-0.15, -0.1) is 0 Å². The van der Waals surface area contributed by atoms with Crippen LogP contribution in [0.5, 0.6) is 5.75 Å². The minimum atomic E-state index is 0.227. The fraction of sp³-hybridized carbons (Fsp3) is 0.385. The van der Waals surface area contributed by atoms with E-state index in [-0.39, 0.29) is 6.04 Å². The first-order chi connectivity index (χ1) is 8.70. The number of rotatable bonds is 5. The van der Waals surface area contributed by atoms with Gasteiger partial charge in [0.2, 0.25) is 12.2 Å². The SMILES string of the molecule is CNC(C)c1cc(C)ccc1OCc1ncon1. The lowest BCUT2D eigenvalue weighted by Gasteiger charge is -2.16. The van der Waals surface area contributed by atoms with Gasteiger partial charge >= 0.3 is 0 Å². The highest BCUT2D eigenvalue weighted by molar-refractivity contribution is 5.38. The third-order valence-electron chi connectivity index (χ3n) is 2.83. The molecule has 0 radical (unpaired) electrons. The standard InChI is InChI=1S/C13H17N3O2/c1-9-4-5-12(11(6-9)10(2)14-3)17-7-13-15-8-18-16-13/h4-6,8,10,14H,7H2,1-3H3. The third-order valence-corrected chi connectivity index (χ3v) is 2.83. The predicted octanol–water partition coefficient (Wildman–Crippen LogP) is 2.24. The summed E-state index contributed by atoms with van der Waals surface area (Å²) in [5.74, 6) is 1.38. The first kappa shape index (κ1) is 12.6. The molecule has 0 amide bonds. The smallest absolute Gasteiger partial charge is 0.213 e. The molecule has 0 spiro atoms. The Morgan fingerprint density at radius 3 is 2.94 bits per heavy atom. The van der Waals surface area contributed by atoms with E-state index in [1.165, 1.54) is 12.0 Å². The number of nitrogens with one attached hydrogen (secondary N) is 1. The average molecular weight is 247 g/mol. The summed E-state index contributed by atoms with van der Waals surface area (Å²) >= 11 is 0. The van der Waals surface area contributed by atoms with Crippen LogP contribution in [0.1, 0.15) is 29.9 Å². The van der Waals surface area contributed by atoms with Crippen molar-refractivity contribution in [1.29, 1.82) is 0 Å². The summed E-state index contributed by atoms with van der Waals surface area (Å²) < 4.78 is 10.4. The minimum Gasteiger partial charge on any atom is -0.485 e. The zero-order chi connectivity index (χ0) is 13.0. The van der Waals surface area contributed by atoms with Gasteiger partial charge in [0.25, 0.3) is 0 Å². The van der Waals surface area contributed by atoms with Crippen molar-refractivity contribution in [3.63, 3.8) is 0 Å². The van der Waals surface area contributed by atoms with E-state index in [0.29, 0.717) is 12.4 Å². The number of nitrogens with zero attached hydrogens (tertiary/aromatic N) is 2. The van der Waals surface area contributed by atoms with E-state index in [9.17, 15) is 0 Å². The van der Waals surface area contributed by atoms with E-state index >= 15 is 0 Å². The number of aryl methyl sites for hydroxylation is 1. The van der Waals surface area contributed by atoms with Gasteiger partial charge in [-0.1, -0.05) is 22.9 Å². The van der Waals surface area contributed by atoms with Gasteiger partial charge in [0.05, 0.1) is 0 Å². The third kappa shape index (κ3) is 2.87. The van der Waals surface area contributed by atoms with Crippen LogP contribution in [0.3, 0.4) is 0 Å². The van der Waals surface area contributed by atoms with E-state index < -0.39 is 0 Å². The molecule has 18 heavy (non-hydrogen) atoms. The summed E-state index contributed by atoms with van der Waals surface area (Å²) in [6.45, 7) is 4.47. The lowest BCUT2D eigenvalue weighted by atomic mass is 10.0. The molecule has 2 rings (SSSR count). The van der Waals surface area contributed by atoms with Gasteiger partial charge in [-0.3, -0.25) is 0 Å². The van der Waals surface area contributed by atoms with Gasteiger partial charge in [-0.2, -0.15) is 4.98 Å². The summed E-state index contributed by atoms with van der Waals surface area (Å²) in [6, 6.07) is 6.34. The largest absolute Gasteiger partial charge is 0.485 e. The molecule has 1 aromatic heterocycles. The maximum atomic E-state index is 5.73. The minimum absolute atomic E-state index is 0.227. The van der Waals surface area contributed by atoms with Crippen molar-refractivity contribution < 1.29 is 9.26 Å². The Labute approximate surface area is 106 Å². The van der Waals surface area contributed by atoms with Crippen LogP contribution in [0.4, 0.5) is 0 Å². The quantitative estimate of drug-likeness (QED) is 0.878. The zero-order valence-electron chi connectivity index (χ0n) is 10.8. The Hall–Kier alpha value is -1.88. The summed E-state index contributed by atoms with van der Waals surface area (Å²) in [6.07, 6.45) is 1.30. The Balaban J connectivity index is 2.16. The van der Waals surface area contributed by atoms with Crippen molar-refractivity contribution in [1.82, 2.24) is 15.5 Å². The molecule has 0 saturated heterocycles. The number of hydrogen-bond donors (Lipinski definition) is 1. The number of benzene rings is 1. The van der Waals surface area contributed by atoms with Crippen LogP contribution in [0.25, 0.3) is 0 Å². The van der Waals surface area contributed by atoms with Crippen LogP contribution in [0.2, 0.25) is 0 Å². The van der Waals surface area contributed by atoms with Gasteiger partial charge in [-0.05, 0) is 27.0 Å². The second kappa shape index (κ2) is 5.64. The lowest BCUT2D eigenvalue weighted by molar-refractivity contribution is 0.281. The van der Waals surface area contributed by atoms with E-state index in [4.69, 9.17) is 4.74 Å². The predicted molar refractivity (Wildman–Crippen MR) is 67.3 cm³/mol. The lowest BCUT2D eigenvalue weighted by Crippen LogP contribution is -2.14. The molecule has 1 unspecified atom stereocenters. The molecule has 1 N–H and O–H groups in total. The van der Waals surface area contributed by atoms with E-state index in [2.05, 4.69) is 39.9 Å². The molecule has 96 valence electrons. The maximum absolute atomic E-state index is 5.73. The van der Waals surface area contributed by atoms with Crippen molar-refractivity contribution in [3.05, 3.63) is 41.5 Å².